The average molecular weight is 548 g/mol. The van der Waals surface area contributed by atoms with E-state index in [1.165, 1.54) is 0 Å². The number of methoxy groups -OCH3 is 2. The summed E-state index contributed by atoms with van der Waals surface area (Å²) in [5, 5.41) is 5.99. The Morgan fingerprint density at radius 1 is 0.941 bits per heavy atom. The molecule has 0 fully saturated rings. The summed E-state index contributed by atoms with van der Waals surface area (Å²) in [7, 11) is 3.16. The molecule has 0 heterocycles. The van der Waals surface area contributed by atoms with Gasteiger partial charge in [0.05, 0.1) is 30.5 Å². The molecule has 0 atom stereocenters. The number of benzene rings is 3. The van der Waals surface area contributed by atoms with Crippen LogP contribution in [0.2, 0.25) is 5.02 Å². The molecule has 0 spiro atoms. The number of amides is 2. The second kappa shape index (κ2) is 12.3. The molecule has 3 aromatic rings. The molecule has 0 radical (unpaired) electrons. The van der Waals surface area contributed by atoms with Gasteiger partial charge in [0, 0.05) is 11.0 Å². The van der Waals surface area contributed by atoms with Crippen molar-refractivity contribution in [3.05, 3.63) is 81.3 Å². The average Bonchev–Trinajstić information content (AvgIpc) is 2.83. The van der Waals surface area contributed by atoms with E-state index in [1.54, 1.807) is 56.7 Å². The van der Waals surface area contributed by atoms with Crippen molar-refractivity contribution in [2.45, 2.75) is 6.42 Å². The normalized spacial score (nSPS) is 10.4. The molecule has 178 valence electrons. The first-order valence-electron chi connectivity index (χ1n) is 10.4. The Morgan fingerprint density at radius 2 is 1.68 bits per heavy atom. The van der Waals surface area contributed by atoms with Gasteiger partial charge in [0.2, 0.25) is 0 Å². The van der Waals surface area contributed by atoms with Crippen LogP contribution in [0.25, 0.3) is 0 Å². The van der Waals surface area contributed by atoms with Crippen LogP contribution in [0.4, 0.5) is 5.69 Å². The van der Waals surface area contributed by atoms with Gasteiger partial charge in [-0.2, -0.15) is 0 Å². The number of carbonyl (C=O) groups excluding carboxylic acids is 2. The number of ether oxygens (including phenoxy) is 3. The largest absolute Gasteiger partial charge is 0.493 e. The maximum Gasteiger partial charge on any atom is 0.262 e. The fourth-order valence-electron chi connectivity index (χ4n) is 3.16. The minimum Gasteiger partial charge on any atom is -0.493 e. The first-order valence-corrected chi connectivity index (χ1v) is 11.5. The first kappa shape index (κ1) is 25.4. The third-order valence-corrected chi connectivity index (χ3v) is 5.63. The van der Waals surface area contributed by atoms with E-state index in [4.69, 9.17) is 25.8 Å². The minimum absolute atomic E-state index is 0.253. The van der Waals surface area contributed by atoms with Crippen LogP contribution in [0, 0.1) is 0 Å². The van der Waals surface area contributed by atoms with E-state index in [9.17, 15) is 9.59 Å². The SMILES string of the molecule is COc1ccc(CCNC(=O)c2ccccc2NC(=O)COc2ccc(Br)cc2Cl)cc1OC. The quantitative estimate of drug-likeness (QED) is 0.368. The molecule has 7 nitrogen and oxygen atoms in total. The molecule has 0 aliphatic heterocycles. The van der Waals surface area contributed by atoms with Crippen LogP contribution >= 0.6 is 27.5 Å². The van der Waals surface area contributed by atoms with Crippen LogP contribution in [0.3, 0.4) is 0 Å². The van der Waals surface area contributed by atoms with Crippen LogP contribution in [0.5, 0.6) is 17.2 Å². The zero-order valence-electron chi connectivity index (χ0n) is 18.7. The molecule has 3 aromatic carbocycles. The van der Waals surface area contributed by atoms with Crippen LogP contribution in [-0.4, -0.2) is 39.2 Å². The second-order valence-corrected chi connectivity index (χ2v) is 8.48. The summed E-state index contributed by atoms with van der Waals surface area (Å²) in [6.07, 6.45) is 0.600. The predicted molar refractivity (Wildman–Crippen MR) is 135 cm³/mol. The lowest BCUT2D eigenvalue weighted by Gasteiger charge is -2.13. The van der Waals surface area contributed by atoms with E-state index in [-0.39, 0.29) is 12.5 Å². The molecule has 34 heavy (non-hydrogen) atoms. The van der Waals surface area contributed by atoms with Crippen molar-refractivity contribution in [2.75, 3.05) is 32.7 Å². The van der Waals surface area contributed by atoms with Gasteiger partial charge < -0.3 is 24.8 Å². The Hall–Kier alpha value is -3.23. The topological polar surface area (TPSA) is 85.9 Å². The van der Waals surface area contributed by atoms with Crippen molar-refractivity contribution in [3.63, 3.8) is 0 Å². The van der Waals surface area contributed by atoms with Crippen LogP contribution in [0.1, 0.15) is 15.9 Å². The van der Waals surface area contributed by atoms with Crippen LogP contribution in [0.15, 0.2) is 65.1 Å². The molecular weight excluding hydrogens is 524 g/mol. The molecule has 9 heteroatoms. The van der Waals surface area contributed by atoms with Crippen LogP contribution in [-0.2, 0) is 11.2 Å². The summed E-state index contributed by atoms with van der Waals surface area (Å²) in [6.45, 7) is 0.151. The third kappa shape index (κ3) is 6.88. The maximum absolute atomic E-state index is 12.8. The predicted octanol–water partition coefficient (Wildman–Crippen LogP) is 5.11. The monoisotopic (exact) mass is 546 g/mol. The van der Waals surface area contributed by atoms with Gasteiger partial charge in [-0.25, -0.2) is 0 Å². The van der Waals surface area contributed by atoms with Crippen molar-refractivity contribution < 1.29 is 23.8 Å². The van der Waals surface area contributed by atoms with Crippen molar-refractivity contribution in [2.24, 2.45) is 0 Å². The van der Waals surface area contributed by atoms with Crippen molar-refractivity contribution in [3.8, 4) is 17.2 Å². The Balaban J connectivity index is 1.56. The molecule has 3 rings (SSSR count). The molecule has 0 aliphatic carbocycles. The van der Waals surface area contributed by atoms with E-state index in [0.29, 0.717) is 46.5 Å². The van der Waals surface area contributed by atoms with Gasteiger partial charge in [0.15, 0.2) is 18.1 Å². The minimum atomic E-state index is -0.412. The smallest absolute Gasteiger partial charge is 0.262 e. The number of para-hydroxylation sites is 1. The van der Waals surface area contributed by atoms with Crippen molar-refractivity contribution in [1.82, 2.24) is 5.32 Å². The third-order valence-electron chi connectivity index (χ3n) is 4.85. The molecular formula is C25H24BrClN2O5. The van der Waals surface area contributed by atoms with E-state index in [0.717, 1.165) is 10.0 Å². The summed E-state index contributed by atoms with van der Waals surface area (Å²) in [5.41, 5.74) is 1.73. The number of carbonyl (C=O) groups is 2. The molecule has 2 amide bonds. The lowest BCUT2D eigenvalue weighted by atomic mass is 10.1. The fourth-order valence-corrected chi connectivity index (χ4v) is 3.89. The van der Waals surface area contributed by atoms with Gasteiger partial charge in [-0.05, 0) is 54.4 Å². The van der Waals surface area contributed by atoms with E-state index in [2.05, 4.69) is 26.6 Å². The first-order chi connectivity index (χ1) is 16.4. The number of halogens is 2. The highest BCUT2D eigenvalue weighted by atomic mass is 79.9. The van der Waals surface area contributed by atoms with Gasteiger partial charge >= 0.3 is 0 Å². The number of nitrogens with one attached hydrogen (secondary N) is 2. The summed E-state index contributed by atoms with van der Waals surface area (Å²) < 4.78 is 16.9. The van der Waals surface area contributed by atoms with Gasteiger partial charge in [-0.3, -0.25) is 9.59 Å². The summed E-state index contributed by atoms with van der Waals surface area (Å²) >= 11 is 9.43. The van der Waals surface area contributed by atoms with E-state index in [1.807, 2.05) is 18.2 Å². The Labute approximate surface area is 211 Å². The molecule has 0 aliphatic rings. The fraction of sp³-hybridized carbons (Fsp3) is 0.200. The molecule has 0 bridgehead atoms. The van der Waals surface area contributed by atoms with Gasteiger partial charge in [-0.15, -0.1) is 0 Å². The Bertz CT molecular complexity index is 1170. The summed E-state index contributed by atoms with van der Waals surface area (Å²) in [6, 6.07) is 17.5. The standard InChI is InChI=1S/C25H24BrClN2O5/c1-32-22-9-7-16(13-23(22)33-2)11-12-28-25(31)18-5-3-4-6-20(18)29-24(30)15-34-21-10-8-17(26)14-19(21)27/h3-10,13-14H,11-12,15H2,1-2H3,(H,28,31)(H,29,30). The maximum atomic E-state index is 12.8. The highest BCUT2D eigenvalue weighted by Crippen LogP contribution is 2.28. The number of hydrogen-bond donors (Lipinski definition) is 2. The molecule has 0 saturated carbocycles. The zero-order valence-corrected chi connectivity index (χ0v) is 21.0. The van der Waals surface area contributed by atoms with Crippen LogP contribution < -0.4 is 24.8 Å². The van der Waals surface area contributed by atoms with Crippen molar-refractivity contribution >= 4 is 45.0 Å². The Kier molecular flexibility index (Phi) is 9.18. The number of hydrogen-bond acceptors (Lipinski definition) is 5. The molecule has 0 saturated heterocycles. The summed E-state index contributed by atoms with van der Waals surface area (Å²) in [4.78, 5) is 25.2. The zero-order chi connectivity index (χ0) is 24.5. The lowest BCUT2D eigenvalue weighted by Crippen LogP contribution is -2.28. The van der Waals surface area contributed by atoms with Gasteiger partial charge in [-0.1, -0.05) is 45.7 Å². The Morgan fingerprint density at radius 3 is 2.41 bits per heavy atom. The van der Waals surface area contributed by atoms with E-state index >= 15 is 0 Å². The molecule has 0 aromatic heterocycles. The number of anilines is 1. The lowest BCUT2D eigenvalue weighted by molar-refractivity contribution is -0.118. The second-order valence-electron chi connectivity index (χ2n) is 7.15. The summed E-state index contributed by atoms with van der Waals surface area (Å²) in [5.74, 6) is 0.955. The van der Waals surface area contributed by atoms with Gasteiger partial charge in [0.25, 0.3) is 11.8 Å². The highest BCUT2D eigenvalue weighted by molar-refractivity contribution is 9.10. The highest BCUT2D eigenvalue weighted by Gasteiger charge is 2.14. The molecule has 0 unspecified atom stereocenters. The van der Waals surface area contributed by atoms with E-state index < -0.39 is 5.91 Å². The van der Waals surface area contributed by atoms with Crippen molar-refractivity contribution in [1.29, 1.82) is 0 Å². The number of rotatable bonds is 10. The van der Waals surface area contributed by atoms with Gasteiger partial charge in [0.1, 0.15) is 5.75 Å². The molecule has 2 N–H and O–H groups in total.